The summed E-state index contributed by atoms with van der Waals surface area (Å²) in [5.74, 6) is 1.48. The van der Waals surface area contributed by atoms with E-state index in [1.54, 1.807) is 0 Å². The SMILES string of the molecule is Cc1ccc(C(NC(=S)Nc2ccc3c(c2)OCO3)c2ccccc2)c(C)c1. The summed E-state index contributed by atoms with van der Waals surface area (Å²) in [5.41, 5.74) is 5.69. The lowest BCUT2D eigenvalue weighted by Crippen LogP contribution is -2.33. The van der Waals surface area contributed by atoms with Gasteiger partial charge in [0.15, 0.2) is 16.6 Å². The zero-order chi connectivity index (χ0) is 19.5. The molecule has 0 saturated carbocycles. The molecule has 0 aromatic heterocycles. The third-order valence-corrected chi connectivity index (χ3v) is 4.99. The highest BCUT2D eigenvalue weighted by Gasteiger charge is 2.18. The van der Waals surface area contributed by atoms with Gasteiger partial charge in [0.1, 0.15) is 0 Å². The van der Waals surface area contributed by atoms with Crippen molar-refractivity contribution in [2.24, 2.45) is 0 Å². The van der Waals surface area contributed by atoms with Crippen LogP contribution in [-0.2, 0) is 0 Å². The number of anilines is 1. The minimum Gasteiger partial charge on any atom is -0.454 e. The van der Waals surface area contributed by atoms with E-state index in [1.165, 1.54) is 16.7 Å². The molecule has 5 heteroatoms. The highest BCUT2D eigenvalue weighted by atomic mass is 32.1. The second kappa shape index (κ2) is 7.90. The molecule has 0 saturated heterocycles. The molecule has 4 nitrogen and oxygen atoms in total. The van der Waals surface area contributed by atoms with Gasteiger partial charge in [-0.05, 0) is 54.9 Å². The minimum absolute atomic E-state index is 0.0455. The number of rotatable bonds is 4. The number of ether oxygens (including phenoxy) is 2. The van der Waals surface area contributed by atoms with Crippen LogP contribution in [0, 0.1) is 13.8 Å². The third-order valence-electron chi connectivity index (χ3n) is 4.78. The quantitative estimate of drug-likeness (QED) is 0.606. The summed E-state index contributed by atoms with van der Waals surface area (Å²) in [6, 6.07) is 22.5. The van der Waals surface area contributed by atoms with Crippen LogP contribution in [0.5, 0.6) is 11.5 Å². The van der Waals surface area contributed by atoms with Crippen molar-refractivity contribution in [3.8, 4) is 11.5 Å². The van der Waals surface area contributed by atoms with Crippen LogP contribution in [0.4, 0.5) is 5.69 Å². The molecule has 0 radical (unpaired) electrons. The van der Waals surface area contributed by atoms with Crippen molar-refractivity contribution in [3.63, 3.8) is 0 Å². The molecule has 1 aliphatic rings. The van der Waals surface area contributed by atoms with Gasteiger partial charge in [0, 0.05) is 11.8 Å². The van der Waals surface area contributed by atoms with E-state index in [0.29, 0.717) is 5.11 Å². The largest absolute Gasteiger partial charge is 0.454 e. The van der Waals surface area contributed by atoms with Crippen molar-refractivity contribution >= 4 is 23.0 Å². The molecule has 2 N–H and O–H groups in total. The summed E-state index contributed by atoms with van der Waals surface area (Å²) in [4.78, 5) is 0. The lowest BCUT2D eigenvalue weighted by molar-refractivity contribution is 0.174. The second-order valence-corrected chi connectivity index (χ2v) is 7.28. The first-order chi connectivity index (χ1) is 13.6. The van der Waals surface area contributed by atoms with E-state index in [2.05, 4.69) is 54.8 Å². The Morgan fingerprint density at radius 1 is 0.929 bits per heavy atom. The normalized spacial score (nSPS) is 13.1. The third kappa shape index (κ3) is 3.94. The Kier molecular flexibility index (Phi) is 5.17. The Labute approximate surface area is 170 Å². The number of aryl methyl sites for hydroxylation is 2. The average Bonchev–Trinajstić information content (AvgIpc) is 3.15. The van der Waals surface area contributed by atoms with E-state index in [1.807, 2.05) is 36.4 Å². The van der Waals surface area contributed by atoms with Gasteiger partial charge in [-0.3, -0.25) is 0 Å². The Hall–Kier alpha value is -3.05. The number of nitrogens with one attached hydrogen (secondary N) is 2. The number of fused-ring (bicyclic) bond motifs is 1. The van der Waals surface area contributed by atoms with Gasteiger partial charge >= 0.3 is 0 Å². The number of hydrogen-bond donors (Lipinski definition) is 2. The smallest absolute Gasteiger partial charge is 0.231 e. The van der Waals surface area contributed by atoms with Gasteiger partial charge in [-0.1, -0.05) is 54.1 Å². The van der Waals surface area contributed by atoms with Gasteiger partial charge < -0.3 is 20.1 Å². The Morgan fingerprint density at radius 2 is 1.71 bits per heavy atom. The van der Waals surface area contributed by atoms with Crippen molar-refractivity contribution in [2.75, 3.05) is 12.1 Å². The lowest BCUT2D eigenvalue weighted by Gasteiger charge is -2.24. The monoisotopic (exact) mass is 390 g/mol. The van der Waals surface area contributed by atoms with Crippen LogP contribution in [0.3, 0.4) is 0 Å². The number of benzene rings is 3. The maximum Gasteiger partial charge on any atom is 0.231 e. The molecule has 4 rings (SSSR count). The second-order valence-electron chi connectivity index (χ2n) is 6.87. The van der Waals surface area contributed by atoms with Gasteiger partial charge in [-0.25, -0.2) is 0 Å². The van der Waals surface area contributed by atoms with Crippen LogP contribution in [0.1, 0.15) is 28.3 Å². The predicted molar refractivity (Wildman–Crippen MR) is 116 cm³/mol. The van der Waals surface area contributed by atoms with Gasteiger partial charge in [-0.15, -0.1) is 0 Å². The van der Waals surface area contributed by atoms with E-state index in [9.17, 15) is 0 Å². The molecule has 1 heterocycles. The molecular formula is C23H22N2O2S. The Balaban J connectivity index is 1.58. The predicted octanol–water partition coefficient (Wildman–Crippen LogP) is 5.11. The molecule has 0 amide bonds. The summed E-state index contributed by atoms with van der Waals surface area (Å²) >= 11 is 5.62. The molecule has 3 aromatic carbocycles. The lowest BCUT2D eigenvalue weighted by atomic mass is 9.94. The van der Waals surface area contributed by atoms with Crippen LogP contribution in [-0.4, -0.2) is 11.9 Å². The van der Waals surface area contributed by atoms with Crippen LogP contribution < -0.4 is 20.1 Å². The van der Waals surface area contributed by atoms with Crippen LogP contribution in [0.25, 0.3) is 0 Å². The molecule has 28 heavy (non-hydrogen) atoms. The fraction of sp³-hybridized carbons (Fsp3) is 0.174. The topological polar surface area (TPSA) is 42.5 Å². The highest BCUT2D eigenvalue weighted by molar-refractivity contribution is 7.80. The first-order valence-corrected chi connectivity index (χ1v) is 9.60. The van der Waals surface area contributed by atoms with E-state index in [4.69, 9.17) is 21.7 Å². The van der Waals surface area contributed by atoms with Gasteiger partial charge in [-0.2, -0.15) is 0 Å². The summed E-state index contributed by atoms with van der Waals surface area (Å²) < 4.78 is 10.8. The van der Waals surface area contributed by atoms with Crippen molar-refractivity contribution in [1.29, 1.82) is 0 Å². The standard InChI is InChI=1S/C23H22N2O2S/c1-15-8-10-19(16(2)12-15)22(17-6-4-3-5-7-17)25-23(28)24-18-9-11-20-21(13-18)27-14-26-20/h3-13,22H,14H2,1-2H3,(H2,24,25,28). The van der Waals surface area contributed by atoms with E-state index < -0.39 is 0 Å². The molecule has 0 aliphatic carbocycles. The van der Waals surface area contributed by atoms with Gasteiger partial charge in [0.25, 0.3) is 0 Å². The minimum atomic E-state index is -0.0455. The number of hydrogen-bond acceptors (Lipinski definition) is 3. The highest BCUT2D eigenvalue weighted by Crippen LogP contribution is 2.34. The zero-order valence-corrected chi connectivity index (χ0v) is 16.7. The molecular weight excluding hydrogens is 368 g/mol. The van der Waals surface area contributed by atoms with Crippen molar-refractivity contribution in [2.45, 2.75) is 19.9 Å². The van der Waals surface area contributed by atoms with Crippen molar-refractivity contribution in [1.82, 2.24) is 5.32 Å². The Morgan fingerprint density at radius 3 is 2.50 bits per heavy atom. The first kappa shape index (κ1) is 18.3. The van der Waals surface area contributed by atoms with E-state index >= 15 is 0 Å². The van der Waals surface area contributed by atoms with Crippen molar-refractivity contribution in [3.05, 3.63) is 89.0 Å². The molecule has 0 fully saturated rings. The maximum atomic E-state index is 5.62. The molecule has 1 atom stereocenters. The van der Waals surface area contributed by atoms with Gasteiger partial charge in [0.2, 0.25) is 6.79 Å². The molecule has 142 valence electrons. The Bertz CT molecular complexity index is 1000. The van der Waals surface area contributed by atoms with Crippen LogP contribution in [0.15, 0.2) is 66.7 Å². The fourth-order valence-electron chi connectivity index (χ4n) is 3.41. The average molecular weight is 391 g/mol. The van der Waals surface area contributed by atoms with Crippen LogP contribution >= 0.6 is 12.2 Å². The molecule has 0 spiro atoms. The summed E-state index contributed by atoms with van der Waals surface area (Å²) in [5, 5.41) is 7.28. The van der Waals surface area contributed by atoms with E-state index in [0.717, 1.165) is 22.7 Å². The number of thiocarbonyl (C=S) groups is 1. The van der Waals surface area contributed by atoms with E-state index in [-0.39, 0.29) is 12.8 Å². The van der Waals surface area contributed by atoms with Crippen molar-refractivity contribution < 1.29 is 9.47 Å². The fourth-order valence-corrected chi connectivity index (χ4v) is 3.64. The zero-order valence-electron chi connectivity index (χ0n) is 15.9. The van der Waals surface area contributed by atoms with Gasteiger partial charge in [0.05, 0.1) is 6.04 Å². The molecule has 3 aromatic rings. The maximum absolute atomic E-state index is 5.62. The molecule has 1 unspecified atom stereocenters. The molecule has 1 aliphatic heterocycles. The molecule has 0 bridgehead atoms. The summed E-state index contributed by atoms with van der Waals surface area (Å²) in [7, 11) is 0. The van der Waals surface area contributed by atoms with Crippen LogP contribution in [0.2, 0.25) is 0 Å². The summed E-state index contributed by atoms with van der Waals surface area (Å²) in [6.45, 7) is 4.49. The first-order valence-electron chi connectivity index (χ1n) is 9.19. The summed E-state index contributed by atoms with van der Waals surface area (Å²) in [6.07, 6.45) is 0.